The van der Waals surface area contributed by atoms with E-state index in [0.717, 1.165) is 52.4 Å². The van der Waals surface area contributed by atoms with E-state index in [9.17, 15) is 0 Å². The number of hydrogen-bond acceptors (Lipinski definition) is 3. The predicted molar refractivity (Wildman–Crippen MR) is 68.6 cm³/mol. The molecule has 0 heterocycles. The van der Waals surface area contributed by atoms with Gasteiger partial charge in [0.2, 0.25) is 0 Å². The largest absolute Gasteiger partial charge is 0.382 e. The van der Waals surface area contributed by atoms with Gasteiger partial charge in [-0.2, -0.15) is 0 Å². The summed E-state index contributed by atoms with van der Waals surface area (Å²) in [6.45, 7) is 13.5. The summed E-state index contributed by atoms with van der Waals surface area (Å²) in [6, 6.07) is 0. The Bertz CT molecular complexity index is 85.1. The van der Waals surface area contributed by atoms with Crippen LogP contribution in [0.3, 0.4) is 0 Å². The maximum atomic E-state index is 5.41. The third-order valence-corrected chi connectivity index (χ3v) is 1.67. The van der Waals surface area contributed by atoms with Gasteiger partial charge in [-0.3, -0.25) is 0 Å². The molecule has 0 bridgehead atoms. The first-order valence-corrected chi connectivity index (χ1v) is 6.28. The van der Waals surface area contributed by atoms with Gasteiger partial charge in [-0.05, 0) is 32.9 Å². The molecule has 0 amide bonds. The van der Waals surface area contributed by atoms with E-state index in [2.05, 4.69) is 12.2 Å². The Labute approximate surface area is 97.0 Å². The Morgan fingerprint density at radius 3 is 2.13 bits per heavy atom. The van der Waals surface area contributed by atoms with Gasteiger partial charge < -0.3 is 14.8 Å². The van der Waals surface area contributed by atoms with Crippen molar-refractivity contribution in [3.05, 3.63) is 0 Å². The summed E-state index contributed by atoms with van der Waals surface area (Å²) in [6.07, 6.45) is 2.11. The summed E-state index contributed by atoms with van der Waals surface area (Å²) in [5, 5.41) is 3.25. The van der Waals surface area contributed by atoms with E-state index < -0.39 is 0 Å². The fourth-order valence-electron chi connectivity index (χ4n) is 0.985. The van der Waals surface area contributed by atoms with Gasteiger partial charge in [0.15, 0.2) is 0 Å². The molecule has 0 saturated heterocycles. The fraction of sp³-hybridized carbons (Fsp3) is 1.00. The molecule has 0 aromatic heterocycles. The molecule has 0 aromatic carbocycles. The van der Waals surface area contributed by atoms with Crippen molar-refractivity contribution in [2.45, 2.75) is 40.5 Å². The molecule has 0 aliphatic rings. The first kappa shape index (κ1) is 17.3. The van der Waals surface area contributed by atoms with Crippen molar-refractivity contribution in [3.8, 4) is 0 Å². The highest BCUT2D eigenvalue weighted by atomic mass is 16.5. The van der Waals surface area contributed by atoms with E-state index in [1.165, 1.54) is 0 Å². The normalized spacial score (nSPS) is 9.60. The molecule has 0 spiro atoms. The van der Waals surface area contributed by atoms with Gasteiger partial charge in [0.05, 0.1) is 0 Å². The lowest BCUT2D eigenvalue weighted by Gasteiger charge is -2.04. The Morgan fingerprint density at radius 1 is 0.933 bits per heavy atom. The van der Waals surface area contributed by atoms with Crippen molar-refractivity contribution >= 4 is 0 Å². The molecule has 0 rings (SSSR count). The van der Waals surface area contributed by atoms with Crippen molar-refractivity contribution in [1.82, 2.24) is 5.32 Å². The van der Waals surface area contributed by atoms with E-state index in [1.54, 1.807) is 0 Å². The van der Waals surface area contributed by atoms with Crippen LogP contribution in [0.1, 0.15) is 42.0 Å². The minimum absolute atomic E-state index is 0. The molecule has 0 aromatic rings. The molecule has 0 fully saturated rings. The van der Waals surface area contributed by atoms with Crippen LogP contribution in [0, 0.1) is 0 Å². The summed E-state index contributed by atoms with van der Waals surface area (Å²) in [7, 11) is 0. The molecule has 0 atom stereocenters. The Balaban J connectivity index is -0.000000529. The Morgan fingerprint density at radius 2 is 1.53 bits per heavy atom. The Hall–Kier alpha value is -0.120. The number of ether oxygens (including phenoxy) is 2. The lowest BCUT2D eigenvalue weighted by Crippen LogP contribution is -2.16. The van der Waals surface area contributed by atoms with E-state index in [0.29, 0.717) is 0 Å². The third-order valence-electron chi connectivity index (χ3n) is 1.67. The van der Waals surface area contributed by atoms with Gasteiger partial charge in [0.25, 0.3) is 0 Å². The van der Waals surface area contributed by atoms with Crippen molar-refractivity contribution in [2.24, 2.45) is 0 Å². The standard InChI is InChI=1S/C10H23NO2.C2H6.H2/c1-3-11-7-5-8-13-10-6-9-12-4-2;1-2;/h11H,3-10H2,1-2H3;1-2H3;1H. The second-order valence-corrected chi connectivity index (χ2v) is 2.87. The number of rotatable bonds is 10. The van der Waals surface area contributed by atoms with Crippen LogP contribution >= 0.6 is 0 Å². The highest BCUT2D eigenvalue weighted by molar-refractivity contribution is 4.43. The molecular formula is C12H31NO2. The Kier molecular flexibility index (Phi) is 22.4. The first-order valence-electron chi connectivity index (χ1n) is 6.28. The summed E-state index contributed by atoms with van der Waals surface area (Å²) >= 11 is 0. The molecule has 15 heavy (non-hydrogen) atoms. The van der Waals surface area contributed by atoms with E-state index in [4.69, 9.17) is 9.47 Å². The summed E-state index contributed by atoms with van der Waals surface area (Å²) in [4.78, 5) is 0. The molecule has 3 nitrogen and oxygen atoms in total. The van der Waals surface area contributed by atoms with Crippen molar-refractivity contribution in [2.75, 3.05) is 39.5 Å². The topological polar surface area (TPSA) is 30.5 Å². The highest BCUT2D eigenvalue weighted by Crippen LogP contribution is 1.86. The molecule has 0 radical (unpaired) electrons. The third kappa shape index (κ3) is 20.1. The van der Waals surface area contributed by atoms with E-state index in [1.807, 2.05) is 20.8 Å². The molecule has 1 N–H and O–H groups in total. The lowest BCUT2D eigenvalue weighted by atomic mass is 10.4. The second kappa shape index (κ2) is 19.5. The van der Waals surface area contributed by atoms with Gasteiger partial charge in [0, 0.05) is 27.9 Å². The van der Waals surface area contributed by atoms with Crippen molar-refractivity contribution < 1.29 is 10.9 Å². The number of hydrogen-bond donors (Lipinski definition) is 1. The second-order valence-electron chi connectivity index (χ2n) is 2.87. The van der Waals surface area contributed by atoms with Crippen molar-refractivity contribution in [1.29, 1.82) is 0 Å². The van der Waals surface area contributed by atoms with Gasteiger partial charge in [-0.1, -0.05) is 20.8 Å². The first-order chi connectivity index (χ1) is 7.41. The highest BCUT2D eigenvalue weighted by Gasteiger charge is 1.89. The monoisotopic (exact) mass is 221 g/mol. The summed E-state index contributed by atoms with van der Waals surface area (Å²) < 4.78 is 10.6. The molecule has 0 aliphatic carbocycles. The molecule has 0 saturated carbocycles. The van der Waals surface area contributed by atoms with Gasteiger partial charge in [-0.25, -0.2) is 0 Å². The molecule has 3 heteroatoms. The molecular weight excluding hydrogens is 190 g/mol. The van der Waals surface area contributed by atoms with Crippen LogP contribution in [0.2, 0.25) is 0 Å². The van der Waals surface area contributed by atoms with Crippen LogP contribution < -0.4 is 5.32 Å². The van der Waals surface area contributed by atoms with Crippen LogP contribution in [0.25, 0.3) is 0 Å². The molecule has 0 unspecified atom stereocenters. The van der Waals surface area contributed by atoms with Crippen LogP contribution in [-0.2, 0) is 9.47 Å². The van der Waals surface area contributed by atoms with Gasteiger partial charge in [-0.15, -0.1) is 0 Å². The fourth-order valence-corrected chi connectivity index (χ4v) is 0.985. The van der Waals surface area contributed by atoms with Crippen LogP contribution in [0.4, 0.5) is 0 Å². The zero-order valence-corrected chi connectivity index (χ0v) is 11.0. The maximum absolute atomic E-state index is 5.41. The van der Waals surface area contributed by atoms with Crippen LogP contribution in [0.5, 0.6) is 0 Å². The average Bonchev–Trinajstić information content (AvgIpc) is 2.30. The average molecular weight is 221 g/mol. The predicted octanol–water partition coefficient (Wildman–Crippen LogP) is 2.70. The van der Waals surface area contributed by atoms with Crippen molar-refractivity contribution in [3.63, 3.8) is 0 Å². The van der Waals surface area contributed by atoms with Gasteiger partial charge in [0.1, 0.15) is 0 Å². The molecule has 96 valence electrons. The zero-order valence-electron chi connectivity index (χ0n) is 11.0. The smallest absolute Gasteiger partial charge is 0.0487 e. The summed E-state index contributed by atoms with van der Waals surface area (Å²) in [5.41, 5.74) is 0. The minimum atomic E-state index is 0. The minimum Gasteiger partial charge on any atom is -0.382 e. The van der Waals surface area contributed by atoms with Gasteiger partial charge >= 0.3 is 0 Å². The molecule has 0 aliphatic heterocycles. The zero-order chi connectivity index (χ0) is 11.8. The van der Waals surface area contributed by atoms with Crippen LogP contribution in [-0.4, -0.2) is 39.5 Å². The van der Waals surface area contributed by atoms with Crippen LogP contribution in [0.15, 0.2) is 0 Å². The lowest BCUT2D eigenvalue weighted by molar-refractivity contribution is 0.0869. The SMILES string of the molecule is CC.CCNCCCOCCCOCC.[HH]. The summed E-state index contributed by atoms with van der Waals surface area (Å²) in [5.74, 6) is 0. The van der Waals surface area contributed by atoms with E-state index >= 15 is 0 Å². The van der Waals surface area contributed by atoms with E-state index in [-0.39, 0.29) is 1.43 Å². The number of nitrogens with one attached hydrogen (secondary N) is 1. The quantitative estimate of drug-likeness (QED) is 0.575. The maximum Gasteiger partial charge on any atom is 0.0487 e.